The van der Waals surface area contributed by atoms with Gasteiger partial charge in [-0.2, -0.15) is 0 Å². The first-order valence-corrected chi connectivity index (χ1v) is 6.24. The lowest BCUT2D eigenvalue weighted by Crippen LogP contribution is -2.51. The number of piperazine rings is 1. The summed E-state index contributed by atoms with van der Waals surface area (Å²) in [7, 11) is 0. The summed E-state index contributed by atoms with van der Waals surface area (Å²) in [5.41, 5.74) is 1.70. The number of aryl methyl sites for hydroxylation is 1. The molecule has 0 aliphatic carbocycles. The van der Waals surface area contributed by atoms with E-state index < -0.39 is 0 Å². The summed E-state index contributed by atoms with van der Waals surface area (Å²) in [6, 6.07) is 5.84. The molecular weight excluding hydrogens is 271 g/mol. The molecule has 0 bridgehead atoms. The van der Waals surface area contributed by atoms with Gasteiger partial charge in [0.1, 0.15) is 0 Å². The summed E-state index contributed by atoms with van der Waals surface area (Å²) >= 11 is 5.98. The number of benzene rings is 1. The molecular formula is C13H18Cl2N2O. The first-order chi connectivity index (χ1) is 8.06. The van der Waals surface area contributed by atoms with Crippen LogP contribution in [0.15, 0.2) is 18.2 Å². The number of carbonyl (C=O) groups is 1. The van der Waals surface area contributed by atoms with Gasteiger partial charge in [0.2, 0.25) is 0 Å². The lowest BCUT2D eigenvalue weighted by molar-refractivity contribution is 0.0709. The van der Waals surface area contributed by atoms with Crippen LogP contribution in [0, 0.1) is 6.92 Å². The normalized spacial score (nSPS) is 19.3. The Morgan fingerprint density at radius 1 is 1.44 bits per heavy atom. The van der Waals surface area contributed by atoms with Crippen molar-refractivity contribution in [3.05, 3.63) is 34.3 Å². The van der Waals surface area contributed by atoms with Gasteiger partial charge in [-0.3, -0.25) is 4.79 Å². The highest BCUT2D eigenvalue weighted by molar-refractivity contribution is 6.31. The highest BCUT2D eigenvalue weighted by Gasteiger charge is 2.21. The van der Waals surface area contributed by atoms with Crippen molar-refractivity contribution in [3.63, 3.8) is 0 Å². The second-order valence-electron chi connectivity index (χ2n) is 4.62. The molecule has 0 radical (unpaired) electrons. The van der Waals surface area contributed by atoms with Gasteiger partial charge in [0, 0.05) is 36.3 Å². The van der Waals surface area contributed by atoms with E-state index in [0.29, 0.717) is 16.6 Å². The first-order valence-electron chi connectivity index (χ1n) is 5.86. The predicted octanol–water partition coefficient (Wildman–Crippen LogP) is 2.50. The fraction of sp³-hybridized carbons (Fsp3) is 0.462. The van der Waals surface area contributed by atoms with Crippen LogP contribution in [0.3, 0.4) is 0 Å². The average molecular weight is 289 g/mol. The van der Waals surface area contributed by atoms with Crippen molar-refractivity contribution in [1.29, 1.82) is 0 Å². The Kier molecular flexibility index (Phi) is 5.45. The number of hydrogen-bond donors (Lipinski definition) is 1. The molecule has 1 atom stereocenters. The molecule has 1 amide bonds. The van der Waals surface area contributed by atoms with E-state index in [4.69, 9.17) is 11.6 Å². The average Bonchev–Trinajstić information content (AvgIpc) is 2.26. The summed E-state index contributed by atoms with van der Waals surface area (Å²) in [6.07, 6.45) is 0. The Bertz CT molecular complexity index is 417. The Morgan fingerprint density at radius 2 is 2.17 bits per heavy atom. The highest BCUT2D eigenvalue weighted by Crippen LogP contribution is 2.16. The molecule has 0 unspecified atom stereocenters. The molecule has 1 heterocycles. The topological polar surface area (TPSA) is 32.3 Å². The summed E-state index contributed by atoms with van der Waals surface area (Å²) in [6.45, 7) is 6.40. The van der Waals surface area contributed by atoms with E-state index in [-0.39, 0.29) is 18.3 Å². The zero-order valence-corrected chi connectivity index (χ0v) is 12.1. The van der Waals surface area contributed by atoms with Crippen molar-refractivity contribution in [2.24, 2.45) is 0 Å². The van der Waals surface area contributed by atoms with Crippen LogP contribution in [0.4, 0.5) is 0 Å². The summed E-state index contributed by atoms with van der Waals surface area (Å²) in [5, 5.41) is 3.94. The van der Waals surface area contributed by atoms with Crippen LogP contribution in [0.1, 0.15) is 22.8 Å². The first kappa shape index (κ1) is 15.3. The maximum Gasteiger partial charge on any atom is 0.254 e. The van der Waals surface area contributed by atoms with Crippen LogP contribution in [0.5, 0.6) is 0 Å². The van der Waals surface area contributed by atoms with E-state index in [1.165, 1.54) is 0 Å². The van der Waals surface area contributed by atoms with Gasteiger partial charge < -0.3 is 10.2 Å². The van der Waals surface area contributed by atoms with Crippen LogP contribution in [0.25, 0.3) is 0 Å². The molecule has 0 saturated carbocycles. The number of nitrogens with zero attached hydrogens (tertiary/aromatic N) is 1. The minimum absolute atomic E-state index is 0. The Morgan fingerprint density at radius 3 is 2.78 bits per heavy atom. The van der Waals surface area contributed by atoms with E-state index in [2.05, 4.69) is 12.2 Å². The van der Waals surface area contributed by atoms with E-state index in [0.717, 1.165) is 25.2 Å². The van der Waals surface area contributed by atoms with Gasteiger partial charge in [0.25, 0.3) is 5.91 Å². The molecule has 1 saturated heterocycles. The molecule has 3 nitrogen and oxygen atoms in total. The smallest absolute Gasteiger partial charge is 0.254 e. The SMILES string of the molecule is Cc1cc(Cl)cc(C(=O)N2CCN[C@@H](C)C2)c1.Cl. The van der Waals surface area contributed by atoms with Crippen molar-refractivity contribution < 1.29 is 4.79 Å². The maximum absolute atomic E-state index is 12.3. The van der Waals surface area contributed by atoms with Crippen LogP contribution in [-0.2, 0) is 0 Å². The van der Waals surface area contributed by atoms with Gasteiger partial charge in [-0.1, -0.05) is 11.6 Å². The van der Waals surface area contributed by atoms with Crippen LogP contribution in [0.2, 0.25) is 5.02 Å². The summed E-state index contributed by atoms with van der Waals surface area (Å²) in [5.74, 6) is 0.0731. The molecule has 1 aliphatic rings. The minimum atomic E-state index is 0. The van der Waals surface area contributed by atoms with E-state index in [1.54, 1.807) is 6.07 Å². The molecule has 100 valence electrons. The molecule has 1 aromatic rings. The van der Waals surface area contributed by atoms with E-state index in [1.807, 2.05) is 24.0 Å². The third kappa shape index (κ3) is 3.61. The van der Waals surface area contributed by atoms with Crippen LogP contribution in [-0.4, -0.2) is 36.5 Å². The molecule has 2 rings (SSSR count). The zero-order valence-electron chi connectivity index (χ0n) is 10.6. The molecule has 1 N–H and O–H groups in total. The van der Waals surface area contributed by atoms with Crippen molar-refractivity contribution in [1.82, 2.24) is 10.2 Å². The van der Waals surface area contributed by atoms with E-state index in [9.17, 15) is 4.79 Å². The number of hydrogen-bond acceptors (Lipinski definition) is 2. The van der Waals surface area contributed by atoms with Gasteiger partial charge in [-0.05, 0) is 37.6 Å². The van der Waals surface area contributed by atoms with Crippen molar-refractivity contribution in [2.45, 2.75) is 19.9 Å². The largest absolute Gasteiger partial charge is 0.336 e. The predicted molar refractivity (Wildman–Crippen MR) is 76.8 cm³/mol. The molecule has 0 spiro atoms. The minimum Gasteiger partial charge on any atom is -0.336 e. The highest BCUT2D eigenvalue weighted by atomic mass is 35.5. The summed E-state index contributed by atoms with van der Waals surface area (Å²) < 4.78 is 0. The standard InChI is InChI=1S/C13H17ClN2O.ClH/c1-9-5-11(7-12(14)6-9)13(17)16-4-3-15-10(2)8-16;/h5-7,10,15H,3-4,8H2,1-2H3;1H/t10-;/m0./s1. The second kappa shape index (κ2) is 6.41. The van der Waals surface area contributed by atoms with Crippen LogP contribution >= 0.6 is 24.0 Å². The number of rotatable bonds is 1. The van der Waals surface area contributed by atoms with Crippen molar-refractivity contribution in [2.75, 3.05) is 19.6 Å². The van der Waals surface area contributed by atoms with Gasteiger partial charge in [0.15, 0.2) is 0 Å². The lowest BCUT2D eigenvalue weighted by atomic mass is 10.1. The molecule has 1 aliphatic heterocycles. The number of amides is 1. The fourth-order valence-corrected chi connectivity index (χ4v) is 2.45. The van der Waals surface area contributed by atoms with Crippen LogP contribution < -0.4 is 5.32 Å². The lowest BCUT2D eigenvalue weighted by Gasteiger charge is -2.32. The number of carbonyl (C=O) groups excluding carboxylic acids is 1. The monoisotopic (exact) mass is 288 g/mol. The second-order valence-corrected chi connectivity index (χ2v) is 5.06. The van der Waals surface area contributed by atoms with Gasteiger partial charge >= 0.3 is 0 Å². The Labute approximate surface area is 119 Å². The molecule has 1 fully saturated rings. The third-order valence-corrected chi connectivity index (χ3v) is 3.16. The maximum atomic E-state index is 12.3. The molecule has 18 heavy (non-hydrogen) atoms. The van der Waals surface area contributed by atoms with Crippen molar-refractivity contribution in [3.8, 4) is 0 Å². The van der Waals surface area contributed by atoms with Gasteiger partial charge in [-0.15, -0.1) is 12.4 Å². The van der Waals surface area contributed by atoms with Gasteiger partial charge in [0.05, 0.1) is 0 Å². The van der Waals surface area contributed by atoms with Gasteiger partial charge in [-0.25, -0.2) is 0 Å². The molecule has 1 aromatic carbocycles. The summed E-state index contributed by atoms with van der Waals surface area (Å²) in [4.78, 5) is 14.2. The van der Waals surface area contributed by atoms with E-state index >= 15 is 0 Å². The number of halogens is 2. The number of nitrogens with one attached hydrogen (secondary N) is 1. The fourth-order valence-electron chi connectivity index (χ4n) is 2.16. The Hall–Kier alpha value is -0.770. The zero-order chi connectivity index (χ0) is 12.4. The van der Waals surface area contributed by atoms with Crippen molar-refractivity contribution >= 4 is 29.9 Å². The quantitative estimate of drug-likeness (QED) is 0.861. The third-order valence-electron chi connectivity index (χ3n) is 2.95. The Balaban J connectivity index is 0.00000162. The molecule has 5 heteroatoms. The molecule has 0 aromatic heterocycles.